The van der Waals surface area contributed by atoms with Crippen molar-refractivity contribution in [1.29, 1.82) is 0 Å². The van der Waals surface area contributed by atoms with Gasteiger partial charge in [-0.2, -0.15) is 0 Å². The van der Waals surface area contributed by atoms with Crippen LogP contribution in [0.2, 0.25) is 0 Å². The lowest BCUT2D eigenvalue weighted by Crippen LogP contribution is -2.11. The molecule has 2 nitrogen and oxygen atoms in total. The molecular formula is C14H18N2S2. The van der Waals surface area contributed by atoms with E-state index < -0.39 is 0 Å². The molecular weight excluding hydrogens is 260 g/mol. The Morgan fingerprint density at radius 3 is 3.00 bits per heavy atom. The highest BCUT2D eigenvalue weighted by molar-refractivity contribution is 7.18. The standard InChI is InChI=1S/C14H18N2S2/c1-3-9-4-5-10-11(6-9)18-13(15)12(10)14-16-8(2)7-17-14/h7,9H,3-6,15H2,1-2H3/t9-/m1/s1. The molecule has 0 radical (unpaired) electrons. The van der Waals surface area contributed by atoms with Crippen LogP contribution in [0.5, 0.6) is 0 Å². The zero-order chi connectivity index (χ0) is 12.7. The van der Waals surface area contributed by atoms with E-state index in [4.69, 9.17) is 5.73 Å². The van der Waals surface area contributed by atoms with Gasteiger partial charge in [0, 0.05) is 21.5 Å². The number of nitrogens with zero attached hydrogens (tertiary/aromatic N) is 1. The molecule has 0 saturated carbocycles. The van der Waals surface area contributed by atoms with Gasteiger partial charge in [0.1, 0.15) is 5.01 Å². The molecule has 4 heteroatoms. The molecule has 0 saturated heterocycles. The fourth-order valence-corrected chi connectivity index (χ4v) is 4.91. The van der Waals surface area contributed by atoms with Gasteiger partial charge in [0.25, 0.3) is 0 Å². The van der Waals surface area contributed by atoms with Crippen LogP contribution in [-0.4, -0.2) is 4.98 Å². The first-order valence-electron chi connectivity index (χ1n) is 6.51. The molecule has 0 amide bonds. The number of nitrogens with two attached hydrogens (primary N) is 1. The van der Waals surface area contributed by atoms with Crippen LogP contribution in [0.4, 0.5) is 5.00 Å². The van der Waals surface area contributed by atoms with E-state index in [1.54, 1.807) is 22.7 Å². The van der Waals surface area contributed by atoms with Crippen molar-refractivity contribution in [3.05, 3.63) is 21.5 Å². The van der Waals surface area contributed by atoms with Gasteiger partial charge in [-0.1, -0.05) is 13.3 Å². The summed E-state index contributed by atoms with van der Waals surface area (Å²) in [4.78, 5) is 6.11. The summed E-state index contributed by atoms with van der Waals surface area (Å²) in [5.41, 5.74) is 10.1. The fourth-order valence-electron chi connectivity index (χ4n) is 2.73. The summed E-state index contributed by atoms with van der Waals surface area (Å²) in [6, 6.07) is 0. The number of fused-ring (bicyclic) bond motifs is 1. The van der Waals surface area contributed by atoms with E-state index in [2.05, 4.69) is 17.3 Å². The second kappa shape index (κ2) is 4.67. The van der Waals surface area contributed by atoms with Gasteiger partial charge in [0.15, 0.2) is 0 Å². The zero-order valence-electron chi connectivity index (χ0n) is 10.8. The van der Waals surface area contributed by atoms with E-state index in [-0.39, 0.29) is 0 Å². The molecule has 2 N–H and O–H groups in total. The Morgan fingerprint density at radius 1 is 1.50 bits per heavy atom. The Labute approximate surface area is 116 Å². The van der Waals surface area contributed by atoms with Crippen molar-refractivity contribution in [2.75, 3.05) is 5.73 Å². The van der Waals surface area contributed by atoms with Crippen LogP contribution in [0.1, 0.15) is 35.9 Å². The third-order valence-electron chi connectivity index (χ3n) is 3.80. The number of anilines is 1. The molecule has 18 heavy (non-hydrogen) atoms. The third-order valence-corrected chi connectivity index (χ3v) is 5.87. The molecule has 96 valence electrons. The average Bonchev–Trinajstić information content (AvgIpc) is 2.90. The summed E-state index contributed by atoms with van der Waals surface area (Å²) in [5.74, 6) is 0.849. The second-order valence-electron chi connectivity index (χ2n) is 5.05. The Kier molecular flexibility index (Phi) is 3.16. The average molecular weight is 278 g/mol. The number of nitrogen functional groups attached to an aromatic ring is 1. The van der Waals surface area contributed by atoms with Crippen molar-refractivity contribution in [1.82, 2.24) is 4.98 Å². The molecule has 1 aliphatic carbocycles. The topological polar surface area (TPSA) is 38.9 Å². The van der Waals surface area contributed by atoms with E-state index in [0.717, 1.165) is 21.6 Å². The van der Waals surface area contributed by atoms with E-state index in [0.29, 0.717) is 0 Å². The molecule has 2 aromatic heterocycles. The largest absolute Gasteiger partial charge is 0.390 e. The van der Waals surface area contributed by atoms with Crippen molar-refractivity contribution < 1.29 is 0 Å². The molecule has 1 atom stereocenters. The number of thiazole rings is 1. The van der Waals surface area contributed by atoms with Crippen molar-refractivity contribution in [3.8, 4) is 10.6 Å². The van der Waals surface area contributed by atoms with Gasteiger partial charge in [-0.15, -0.1) is 22.7 Å². The normalized spacial score (nSPS) is 18.9. The Morgan fingerprint density at radius 2 is 2.33 bits per heavy atom. The van der Waals surface area contributed by atoms with E-state index in [9.17, 15) is 0 Å². The van der Waals surface area contributed by atoms with Gasteiger partial charge in [-0.25, -0.2) is 4.98 Å². The summed E-state index contributed by atoms with van der Waals surface area (Å²) >= 11 is 3.50. The summed E-state index contributed by atoms with van der Waals surface area (Å²) < 4.78 is 0. The quantitative estimate of drug-likeness (QED) is 0.890. The first-order chi connectivity index (χ1) is 8.69. The molecule has 0 unspecified atom stereocenters. The van der Waals surface area contributed by atoms with E-state index in [1.165, 1.54) is 41.7 Å². The first kappa shape index (κ1) is 12.2. The monoisotopic (exact) mass is 278 g/mol. The first-order valence-corrected chi connectivity index (χ1v) is 8.21. The minimum atomic E-state index is 0.849. The van der Waals surface area contributed by atoms with Gasteiger partial charge >= 0.3 is 0 Å². The van der Waals surface area contributed by atoms with Gasteiger partial charge in [-0.3, -0.25) is 0 Å². The minimum Gasteiger partial charge on any atom is -0.390 e. The number of aryl methyl sites for hydroxylation is 1. The SMILES string of the molecule is CC[C@@H]1CCc2c(sc(N)c2-c2nc(C)cs2)C1. The van der Waals surface area contributed by atoms with Crippen molar-refractivity contribution in [2.45, 2.75) is 39.5 Å². The summed E-state index contributed by atoms with van der Waals surface area (Å²) in [6.45, 7) is 4.33. The number of aromatic nitrogens is 1. The van der Waals surface area contributed by atoms with Crippen molar-refractivity contribution >= 4 is 27.7 Å². The molecule has 2 aromatic rings. The molecule has 2 heterocycles. The number of thiophene rings is 1. The number of hydrogen-bond donors (Lipinski definition) is 1. The van der Waals surface area contributed by atoms with Crippen molar-refractivity contribution in [2.24, 2.45) is 5.92 Å². The van der Waals surface area contributed by atoms with Gasteiger partial charge in [-0.05, 0) is 37.7 Å². The van der Waals surface area contributed by atoms with Crippen LogP contribution in [0.25, 0.3) is 10.6 Å². The third kappa shape index (κ3) is 1.97. The highest BCUT2D eigenvalue weighted by atomic mass is 32.1. The number of hydrogen-bond acceptors (Lipinski definition) is 4. The summed E-state index contributed by atoms with van der Waals surface area (Å²) in [6.07, 6.45) is 4.97. The van der Waals surface area contributed by atoms with Gasteiger partial charge in [0.05, 0.1) is 5.00 Å². The van der Waals surface area contributed by atoms with Crippen LogP contribution in [0.3, 0.4) is 0 Å². The predicted octanol–water partition coefficient (Wildman–Crippen LogP) is 4.28. The molecule has 0 bridgehead atoms. The van der Waals surface area contributed by atoms with Crippen LogP contribution < -0.4 is 5.73 Å². The minimum absolute atomic E-state index is 0.849. The van der Waals surface area contributed by atoms with Crippen LogP contribution in [-0.2, 0) is 12.8 Å². The second-order valence-corrected chi connectivity index (χ2v) is 7.05. The molecule has 1 aliphatic rings. The van der Waals surface area contributed by atoms with Gasteiger partial charge in [0.2, 0.25) is 0 Å². The van der Waals surface area contributed by atoms with E-state index in [1.807, 2.05) is 6.92 Å². The van der Waals surface area contributed by atoms with E-state index >= 15 is 0 Å². The Hall–Kier alpha value is -0.870. The lowest BCUT2D eigenvalue weighted by atomic mass is 9.86. The molecule has 0 spiro atoms. The van der Waals surface area contributed by atoms with Crippen LogP contribution in [0, 0.1) is 12.8 Å². The predicted molar refractivity (Wildman–Crippen MR) is 80.4 cm³/mol. The Bertz CT molecular complexity index is 568. The maximum absolute atomic E-state index is 6.23. The highest BCUT2D eigenvalue weighted by Crippen LogP contribution is 2.44. The molecule has 0 aliphatic heterocycles. The van der Waals surface area contributed by atoms with Crippen LogP contribution >= 0.6 is 22.7 Å². The maximum atomic E-state index is 6.23. The summed E-state index contributed by atoms with van der Waals surface area (Å²) in [7, 11) is 0. The lowest BCUT2D eigenvalue weighted by molar-refractivity contribution is 0.450. The molecule has 0 fully saturated rings. The molecule has 0 aromatic carbocycles. The van der Waals surface area contributed by atoms with Crippen molar-refractivity contribution in [3.63, 3.8) is 0 Å². The highest BCUT2D eigenvalue weighted by Gasteiger charge is 2.25. The van der Waals surface area contributed by atoms with Gasteiger partial charge < -0.3 is 5.73 Å². The maximum Gasteiger partial charge on any atom is 0.126 e. The lowest BCUT2D eigenvalue weighted by Gasteiger charge is -2.20. The number of rotatable bonds is 2. The Balaban J connectivity index is 2.04. The fraction of sp³-hybridized carbons (Fsp3) is 0.500. The van der Waals surface area contributed by atoms with Crippen LogP contribution in [0.15, 0.2) is 5.38 Å². The zero-order valence-corrected chi connectivity index (χ0v) is 12.5. The molecule has 3 rings (SSSR count). The summed E-state index contributed by atoms with van der Waals surface area (Å²) in [5, 5.41) is 4.18. The smallest absolute Gasteiger partial charge is 0.126 e.